The molecule has 0 saturated heterocycles. The number of benzene rings is 5. The van der Waals surface area contributed by atoms with Gasteiger partial charge in [-0.05, 0) is 168 Å². The Balaban J connectivity index is 1.36. The van der Waals surface area contributed by atoms with E-state index in [1.54, 1.807) is 0 Å². The van der Waals surface area contributed by atoms with E-state index in [0.717, 1.165) is 0 Å². The van der Waals surface area contributed by atoms with E-state index < -0.39 is 0 Å². The molecule has 2 nitrogen and oxygen atoms in total. The molecule has 314 valence electrons. The lowest BCUT2D eigenvalue weighted by Crippen LogP contribution is -2.61. The maximum absolute atomic E-state index is 2.73. The second-order valence-electron chi connectivity index (χ2n) is 24.1. The van der Waals surface area contributed by atoms with Gasteiger partial charge in [-0.25, -0.2) is 0 Å². The summed E-state index contributed by atoms with van der Waals surface area (Å²) < 4.78 is 1.36. The first-order chi connectivity index (χ1) is 28.4. The van der Waals surface area contributed by atoms with Crippen LogP contribution < -0.4 is 26.2 Å². The van der Waals surface area contributed by atoms with Gasteiger partial charge in [-0.15, -0.1) is 11.3 Å². The zero-order valence-electron chi connectivity index (χ0n) is 39.8. The summed E-state index contributed by atoms with van der Waals surface area (Å²) in [5.74, 6) is 0. The smallest absolute Gasteiger partial charge is 0.254 e. The van der Waals surface area contributed by atoms with Crippen LogP contribution in [-0.4, -0.2) is 6.71 Å². The normalized spacial score (nSPS) is 19.2. The van der Waals surface area contributed by atoms with Gasteiger partial charge < -0.3 is 9.80 Å². The third-order valence-corrected chi connectivity index (χ3v) is 17.0. The molecule has 5 aromatic carbocycles. The maximum Gasteiger partial charge on any atom is 0.254 e. The van der Waals surface area contributed by atoms with Crippen molar-refractivity contribution in [1.82, 2.24) is 0 Å². The van der Waals surface area contributed by atoms with Gasteiger partial charge in [0.05, 0.1) is 5.00 Å². The SMILES string of the molecule is Cc1cc(C(C)(C)C)ccc1N1c2cc(C(C)(C)C)cc3c2B(c2cc4c(cc2N3c2ccc3c(c2)C(C)(C)CCC3(C)C)C(C)(C)CCC4(C)C)c2c1sc1ccccc21. The molecule has 0 N–H and O–H groups in total. The molecule has 0 spiro atoms. The summed E-state index contributed by atoms with van der Waals surface area (Å²) in [5.41, 5.74) is 21.4. The lowest BCUT2D eigenvalue weighted by Gasteiger charge is -2.48. The quantitative estimate of drug-likeness (QED) is 0.160. The highest BCUT2D eigenvalue weighted by atomic mass is 32.1. The van der Waals surface area contributed by atoms with Crippen molar-refractivity contribution in [1.29, 1.82) is 0 Å². The van der Waals surface area contributed by atoms with Crippen molar-refractivity contribution >= 4 is 78.0 Å². The summed E-state index contributed by atoms with van der Waals surface area (Å²) in [7, 11) is 0. The molecule has 10 rings (SSSR count). The molecular weight excluding hydrogens is 756 g/mol. The third-order valence-electron chi connectivity index (χ3n) is 15.8. The fourth-order valence-corrected chi connectivity index (χ4v) is 12.8. The fourth-order valence-electron chi connectivity index (χ4n) is 11.6. The van der Waals surface area contributed by atoms with Crippen molar-refractivity contribution < 1.29 is 0 Å². The van der Waals surface area contributed by atoms with Gasteiger partial charge in [-0.2, -0.15) is 0 Å². The average molecular weight is 823 g/mol. The molecule has 61 heavy (non-hydrogen) atoms. The predicted molar refractivity (Wildman–Crippen MR) is 269 cm³/mol. The number of anilines is 6. The number of hydrogen-bond acceptors (Lipinski definition) is 3. The molecule has 3 heterocycles. The van der Waals surface area contributed by atoms with Crippen LogP contribution in [0.15, 0.2) is 84.9 Å². The Morgan fingerprint density at radius 1 is 0.508 bits per heavy atom. The van der Waals surface area contributed by atoms with Gasteiger partial charge in [-0.3, -0.25) is 0 Å². The highest BCUT2D eigenvalue weighted by Gasteiger charge is 2.49. The molecule has 4 heteroatoms. The molecule has 6 aromatic rings. The van der Waals surface area contributed by atoms with E-state index in [0.29, 0.717) is 0 Å². The minimum absolute atomic E-state index is 0.0642. The summed E-state index contributed by atoms with van der Waals surface area (Å²) in [5, 5.41) is 2.74. The van der Waals surface area contributed by atoms with Gasteiger partial charge in [0.25, 0.3) is 6.71 Å². The minimum Gasteiger partial charge on any atom is -0.311 e. The number of aryl methyl sites for hydroxylation is 1. The first kappa shape index (κ1) is 40.8. The van der Waals surface area contributed by atoms with Gasteiger partial charge in [0, 0.05) is 33.1 Å². The first-order valence-corrected chi connectivity index (χ1v) is 24.0. The molecule has 2 aliphatic carbocycles. The van der Waals surface area contributed by atoms with E-state index in [9.17, 15) is 0 Å². The van der Waals surface area contributed by atoms with Crippen LogP contribution >= 0.6 is 11.3 Å². The molecule has 4 aliphatic rings. The molecule has 2 aliphatic heterocycles. The molecule has 0 bridgehead atoms. The van der Waals surface area contributed by atoms with Crippen LogP contribution in [0.4, 0.5) is 33.4 Å². The Labute approximate surface area is 371 Å². The van der Waals surface area contributed by atoms with E-state index in [2.05, 4.69) is 199 Å². The van der Waals surface area contributed by atoms with Crippen molar-refractivity contribution in [3.8, 4) is 0 Å². The maximum atomic E-state index is 2.73. The van der Waals surface area contributed by atoms with Crippen LogP contribution in [0, 0.1) is 6.92 Å². The second-order valence-corrected chi connectivity index (χ2v) is 25.1. The van der Waals surface area contributed by atoms with Crippen LogP contribution in [0.1, 0.15) is 162 Å². The van der Waals surface area contributed by atoms with Crippen molar-refractivity contribution in [2.75, 3.05) is 9.80 Å². The molecule has 0 unspecified atom stereocenters. The predicted octanol–water partition coefficient (Wildman–Crippen LogP) is 14.6. The molecule has 0 radical (unpaired) electrons. The Morgan fingerprint density at radius 2 is 1.07 bits per heavy atom. The molecule has 0 fully saturated rings. The highest BCUT2D eigenvalue weighted by Crippen LogP contribution is 2.54. The minimum atomic E-state index is -0.0754. The second kappa shape index (κ2) is 12.9. The van der Waals surface area contributed by atoms with Gasteiger partial charge >= 0.3 is 0 Å². The van der Waals surface area contributed by atoms with E-state index in [-0.39, 0.29) is 39.2 Å². The lowest BCUT2D eigenvalue weighted by atomic mass is 9.33. The Hall–Kier alpha value is -4.28. The number of hydrogen-bond donors (Lipinski definition) is 0. The Morgan fingerprint density at radius 3 is 1.67 bits per heavy atom. The van der Waals surface area contributed by atoms with E-state index in [1.165, 1.54) is 125 Å². The molecule has 0 atom stereocenters. The highest BCUT2D eigenvalue weighted by molar-refractivity contribution is 7.26. The monoisotopic (exact) mass is 823 g/mol. The van der Waals surface area contributed by atoms with Crippen molar-refractivity contribution in [3.05, 3.63) is 124 Å². The van der Waals surface area contributed by atoms with Crippen molar-refractivity contribution in [2.24, 2.45) is 0 Å². The fraction of sp³-hybridized carbons (Fsp3) is 0.439. The summed E-state index contributed by atoms with van der Waals surface area (Å²) in [6, 6.07) is 34.6. The number of nitrogens with zero attached hydrogens (tertiary/aromatic N) is 2. The summed E-state index contributed by atoms with van der Waals surface area (Å²) in [6.07, 6.45) is 4.78. The van der Waals surface area contributed by atoms with Gasteiger partial charge in [0.2, 0.25) is 0 Å². The Kier molecular flexibility index (Phi) is 8.63. The van der Waals surface area contributed by atoms with Crippen LogP contribution in [0.3, 0.4) is 0 Å². The van der Waals surface area contributed by atoms with Crippen LogP contribution in [-0.2, 0) is 32.5 Å². The molecule has 1 aromatic heterocycles. The topological polar surface area (TPSA) is 6.48 Å². The van der Waals surface area contributed by atoms with Gasteiger partial charge in [-0.1, -0.05) is 139 Å². The Bertz CT molecular complexity index is 2820. The lowest BCUT2D eigenvalue weighted by molar-refractivity contribution is 0.332. The van der Waals surface area contributed by atoms with E-state index in [4.69, 9.17) is 0 Å². The van der Waals surface area contributed by atoms with Crippen molar-refractivity contribution in [3.63, 3.8) is 0 Å². The third kappa shape index (κ3) is 6.07. The number of fused-ring (bicyclic) bond motifs is 8. The van der Waals surface area contributed by atoms with E-state index in [1.807, 2.05) is 11.3 Å². The van der Waals surface area contributed by atoms with Crippen LogP contribution in [0.25, 0.3) is 10.1 Å². The average Bonchev–Trinajstić information content (AvgIpc) is 3.56. The van der Waals surface area contributed by atoms with Crippen LogP contribution in [0.5, 0.6) is 0 Å². The van der Waals surface area contributed by atoms with Gasteiger partial charge in [0.1, 0.15) is 0 Å². The summed E-state index contributed by atoms with van der Waals surface area (Å²) >= 11 is 1.97. The van der Waals surface area contributed by atoms with Crippen molar-refractivity contribution in [2.45, 2.75) is 162 Å². The number of rotatable bonds is 2. The summed E-state index contributed by atoms with van der Waals surface area (Å²) in [4.78, 5) is 5.41. The first-order valence-electron chi connectivity index (χ1n) is 23.1. The zero-order chi connectivity index (χ0) is 43.6. The van der Waals surface area contributed by atoms with E-state index >= 15 is 0 Å². The standard InChI is InChI=1S/C57H67BN2S/c1-34-28-35(52(2,3)4)20-23-44(34)60-47-30-36(53(5,6)7)29-46-50(47)58(49-38-18-16-17-19-48(38)61-51(49)60)43-32-41-42(57(14,15)27-26-56(41,12)13)33-45(43)59(46)37-21-22-39-40(31-37)55(10,11)25-24-54(39,8)9/h16-23,28-33H,24-27H2,1-15H3. The molecule has 0 amide bonds. The van der Waals surface area contributed by atoms with Gasteiger partial charge in [0.15, 0.2) is 0 Å². The molecule has 0 saturated carbocycles. The summed E-state index contributed by atoms with van der Waals surface area (Å²) in [6.45, 7) is 36.4. The largest absolute Gasteiger partial charge is 0.311 e. The number of thiophene rings is 1. The zero-order valence-corrected chi connectivity index (χ0v) is 40.6. The molecular formula is C57H67BN2S. The van der Waals surface area contributed by atoms with Crippen LogP contribution in [0.2, 0.25) is 0 Å².